The van der Waals surface area contributed by atoms with Crippen molar-refractivity contribution in [2.75, 3.05) is 42.5 Å². The maximum Gasteiger partial charge on any atom is 0.415 e. The molecule has 4 fully saturated rings. The van der Waals surface area contributed by atoms with Crippen LogP contribution in [0.1, 0.15) is 50.5 Å². The van der Waals surface area contributed by atoms with Gasteiger partial charge in [0.2, 0.25) is 0 Å². The van der Waals surface area contributed by atoms with Crippen LogP contribution in [0.25, 0.3) is 0 Å². The normalized spacial score (nSPS) is 22.8. The van der Waals surface area contributed by atoms with Gasteiger partial charge in [0, 0.05) is 56.9 Å². The summed E-state index contributed by atoms with van der Waals surface area (Å²) in [4.78, 5) is 23.3. The Kier molecular flexibility index (Phi) is 6.18. The first kappa shape index (κ1) is 23.1. The number of hydrogen-bond acceptors (Lipinski definition) is 7. The predicted octanol–water partition coefficient (Wildman–Crippen LogP) is 4.34. The van der Waals surface area contributed by atoms with Gasteiger partial charge >= 0.3 is 6.09 Å². The second-order valence-electron chi connectivity index (χ2n) is 10.6. The summed E-state index contributed by atoms with van der Waals surface area (Å²) in [6, 6.07) is 13.1. The molecule has 2 aromatic rings. The third kappa shape index (κ3) is 4.60. The molecule has 4 aliphatic rings. The monoisotopic (exact) mass is 487 g/mol. The lowest BCUT2D eigenvalue weighted by atomic mass is 9.90. The van der Waals surface area contributed by atoms with Crippen molar-refractivity contribution < 1.29 is 14.3 Å². The van der Waals surface area contributed by atoms with E-state index in [-0.39, 0.29) is 6.09 Å². The van der Waals surface area contributed by atoms with Crippen LogP contribution in [0.4, 0.5) is 16.2 Å². The van der Waals surface area contributed by atoms with E-state index in [2.05, 4.69) is 45.1 Å². The van der Waals surface area contributed by atoms with Crippen molar-refractivity contribution in [3.05, 3.63) is 48.3 Å². The molecule has 3 aliphatic heterocycles. The van der Waals surface area contributed by atoms with E-state index in [4.69, 9.17) is 14.7 Å². The second-order valence-corrected chi connectivity index (χ2v) is 10.6. The smallest absolute Gasteiger partial charge is 0.415 e. The van der Waals surface area contributed by atoms with Crippen molar-refractivity contribution >= 4 is 17.5 Å². The molecule has 0 unspecified atom stereocenters. The molecule has 1 aliphatic carbocycles. The molecule has 4 heterocycles. The van der Waals surface area contributed by atoms with Crippen LogP contribution in [0.15, 0.2) is 42.7 Å². The highest BCUT2D eigenvalue weighted by Gasteiger charge is 2.47. The molecule has 8 nitrogen and oxygen atoms in total. The highest BCUT2D eigenvalue weighted by atomic mass is 16.6. The standard InChI is InChI=1S/C28H33N5O3/c29-17-21-16-24(19-30-18-21)33-20-28(36-27(33)34)10-14-32(15-11-28)23-4-6-25(7-5-23)35-26-8-12-31(13-9-26)22-2-1-3-22/h4-7,16,18-19,22,26H,1-3,8-15,20H2. The van der Waals surface area contributed by atoms with Gasteiger partial charge in [-0.1, -0.05) is 6.42 Å². The van der Waals surface area contributed by atoms with E-state index >= 15 is 0 Å². The zero-order valence-electron chi connectivity index (χ0n) is 20.6. The molecule has 1 saturated carbocycles. The van der Waals surface area contributed by atoms with Gasteiger partial charge in [-0.05, 0) is 56.0 Å². The molecule has 188 valence electrons. The first-order valence-corrected chi connectivity index (χ1v) is 13.2. The van der Waals surface area contributed by atoms with Gasteiger partial charge in [-0.2, -0.15) is 5.26 Å². The fraction of sp³-hybridized carbons (Fsp3) is 0.536. The number of likely N-dealkylation sites (tertiary alicyclic amines) is 1. The lowest BCUT2D eigenvalue weighted by molar-refractivity contribution is 0.0366. The molecule has 0 atom stereocenters. The van der Waals surface area contributed by atoms with Gasteiger partial charge in [0.05, 0.1) is 24.0 Å². The fourth-order valence-corrected chi connectivity index (χ4v) is 5.93. The third-order valence-corrected chi connectivity index (χ3v) is 8.38. The molecule has 36 heavy (non-hydrogen) atoms. The first-order chi connectivity index (χ1) is 17.6. The van der Waals surface area contributed by atoms with E-state index in [0.29, 0.717) is 23.9 Å². The highest BCUT2D eigenvalue weighted by molar-refractivity contribution is 5.90. The Bertz CT molecular complexity index is 1130. The van der Waals surface area contributed by atoms with E-state index in [1.54, 1.807) is 17.2 Å². The number of pyridine rings is 1. The lowest BCUT2D eigenvalue weighted by Gasteiger charge is -2.41. The predicted molar refractivity (Wildman–Crippen MR) is 136 cm³/mol. The molecule has 0 N–H and O–H groups in total. The first-order valence-electron chi connectivity index (χ1n) is 13.2. The van der Waals surface area contributed by atoms with Crippen LogP contribution >= 0.6 is 0 Å². The van der Waals surface area contributed by atoms with Crippen molar-refractivity contribution in [2.24, 2.45) is 0 Å². The second kappa shape index (κ2) is 9.62. The zero-order valence-corrected chi connectivity index (χ0v) is 20.6. The molecule has 0 bridgehead atoms. The lowest BCUT2D eigenvalue weighted by Crippen LogP contribution is -2.47. The molecule has 3 saturated heterocycles. The molecule has 8 heteroatoms. The quantitative estimate of drug-likeness (QED) is 0.620. The van der Waals surface area contributed by atoms with Crippen LogP contribution in [-0.4, -0.2) is 66.4 Å². The van der Waals surface area contributed by atoms with Gasteiger partial charge in [0.25, 0.3) is 0 Å². The third-order valence-electron chi connectivity index (χ3n) is 8.38. The molecule has 1 aromatic heterocycles. The Balaban J connectivity index is 1.01. The summed E-state index contributed by atoms with van der Waals surface area (Å²) in [6.45, 7) is 4.44. The van der Waals surface area contributed by atoms with Crippen molar-refractivity contribution in [3.8, 4) is 11.8 Å². The number of hydrogen-bond donors (Lipinski definition) is 0. The average Bonchev–Trinajstić information content (AvgIpc) is 3.20. The van der Waals surface area contributed by atoms with E-state index in [1.165, 1.54) is 31.1 Å². The Morgan fingerprint density at radius 3 is 2.42 bits per heavy atom. The number of benzene rings is 1. The number of piperidine rings is 2. The molecule has 1 aromatic carbocycles. The van der Waals surface area contributed by atoms with Gasteiger partial charge in [-0.3, -0.25) is 9.88 Å². The summed E-state index contributed by atoms with van der Waals surface area (Å²) in [5.41, 5.74) is 1.72. The molecule has 1 amide bonds. The van der Waals surface area contributed by atoms with E-state index in [9.17, 15) is 4.79 Å². The summed E-state index contributed by atoms with van der Waals surface area (Å²) in [7, 11) is 0. The summed E-state index contributed by atoms with van der Waals surface area (Å²) < 4.78 is 12.2. The average molecular weight is 488 g/mol. The number of anilines is 2. The Labute approximate surface area is 212 Å². The number of amides is 1. The van der Waals surface area contributed by atoms with Crippen molar-refractivity contribution in [1.82, 2.24) is 9.88 Å². The number of nitriles is 1. The SMILES string of the molecule is N#Cc1cncc(N2CC3(CCN(c4ccc(OC5CCN(C6CCC6)CC5)cc4)CC3)OC2=O)c1. The Morgan fingerprint density at radius 1 is 1.00 bits per heavy atom. The molecule has 0 radical (unpaired) electrons. The number of ether oxygens (including phenoxy) is 2. The number of rotatable bonds is 5. The summed E-state index contributed by atoms with van der Waals surface area (Å²) in [5, 5.41) is 9.15. The minimum Gasteiger partial charge on any atom is -0.490 e. The van der Waals surface area contributed by atoms with Crippen LogP contribution in [0.5, 0.6) is 5.75 Å². The van der Waals surface area contributed by atoms with Gasteiger partial charge in [0.15, 0.2) is 0 Å². The molecule has 1 spiro atoms. The van der Waals surface area contributed by atoms with Crippen molar-refractivity contribution in [1.29, 1.82) is 5.26 Å². The summed E-state index contributed by atoms with van der Waals surface area (Å²) in [5.74, 6) is 0.947. The van der Waals surface area contributed by atoms with Crippen LogP contribution in [0.3, 0.4) is 0 Å². The maximum atomic E-state index is 12.6. The summed E-state index contributed by atoms with van der Waals surface area (Å²) >= 11 is 0. The maximum absolute atomic E-state index is 12.6. The van der Waals surface area contributed by atoms with E-state index < -0.39 is 5.60 Å². The van der Waals surface area contributed by atoms with Crippen LogP contribution in [-0.2, 0) is 4.74 Å². The zero-order chi connectivity index (χ0) is 24.5. The van der Waals surface area contributed by atoms with Gasteiger partial charge in [-0.15, -0.1) is 0 Å². The van der Waals surface area contributed by atoms with Crippen LogP contribution in [0, 0.1) is 11.3 Å². The Hall–Kier alpha value is -3.31. The van der Waals surface area contributed by atoms with Crippen molar-refractivity contribution in [3.63, 3.8) is 0 Å². The largest absolute Gasteiger partial charge is 0.490 e. The number of aromatic nitrogens is 1. The van der Waals surface area contributed by atoms with E-state index in [1.807, 2.05) is 0 Å². The Morgan fingerprint density at radius 2 is 1.75 bits per heavy atom. The minimum atomic E-state index is -0.492. The highest BCUT2D eigenvalue weighted by Crippen LogP contribution is 2.37. The minimum absolute atomic E-state index is 0.311. The van der Waals surface area contributed by atoms with Gasteiger partial charge in [0.1, 0.15) is 23.5 Å². The molecular weight excluding hydrogens is 454 g/mol. The number of carbonyl (C=O) groups excluding carboxylic acids is 1. The van der Waals surface area contributed by atoms with Crippen LogP contribution in [0.2, 0.25) is 0 Å². The number of nitrogens with zero attached hydrogens (tertiary/aromatic N) is 5. The molecule has 6 rings (SSSR count). The fourth-order valence-electron chi connectivity index (χ4n) is 5.93. The van der Waals surface area contributed by atoms with Gasteiger partial charge in [-0.25, -0.2) is 4.79 Å². The van der Waals surface area contributed by atoms with Crippen molar-refractivity contribution in [2.45, 2.75) is 62.7 Å². The summed E-state index contributed by atoms with van der Waals surface area (Å²) in [6.07, 6.45) is 10.9. The van der Waals surface area contributed by atoms with Crippen LogP contribution < -0.4 is 14.5 Å². The topological polar surface area (TPSA) is 81.9 Å². The van der Waals surface area contributed by atoms with Gasteiger partial charge < -0.3 is 19.3 Å². The van der Waals surface area contributed by atoms with E-state index in [0.717, 1.165) is 63.7 Å². The number of carbonyl (C=O) groups is 1. The molecular formula is C28H33N5O3.